The number of rotatable bonds is 3. The van der Waals surface area contributed by atoms with Gasteiger partial charge in [-0.15, -0.1) is 0 Å². The highest BCUT2D eigenvalue weighted by molar-refractivity contribution is 9.10. The molecule has 3 N–H and O–H groups in total. The van der Waals surface area contributed by atoms with Crippen molar-refractivity contribution in [3.8, 4) is 0 Å². The molecule has 1 heterocycles. The summed E-state index contributed by atoms with van der Waals surface area (Å²) in [5, 5.41) is 14.0. The van der Waals surface area contributed by atoms with E-state index in [4.69, 9.17) is 0 Å². The number of Topliss-reactive ketones (excluding diaryl/α,β-unsaturated/α-hetero) is 1. The Bertz CT molecular complexity index is 944. The molecule has 0 saturated carbocycles. The summed E-state index contributed by atoms with van der Waals surface area (Å²) >= 11 is 3.19. The smallest absolute Gasteiger partial charge is 0.360 e. The van der Waals surface area contributed by atoms with Crippen LogP contribution in [-0.4, -0.2) is 28.8 Å². The first-order valence-corrected chi connectivity index (χ1v) is 8.41. The number of alkyl halides is 3. The van der Waals surface area contributed by atoms with Crippen LogP contribution in [0, 0.1) is 0 Å². The molecule has 0 aliphatic carbocycles. The van der Waals surface area contributed by atoms with Crippen molar-refractivity contribution in [3.05, 3.63) is 75.8 Å². The second-order valence-corrected chi connectivity index (χ2v) is 6.66. The maximum absolute atomic E-state index is 13.7. The predicted molar refractivity (Wildman–Crippen MR) is 94.5 cm³/mol. The SMILES string of the molecule is O=C1NC(c2cccc(Br)c2)=C(C(=O)c2ccccc2)C(O)(C(F)(F)F)N1. The summed E-state index contributed by atoms with van der Waals surface area (Å²) < 4.78 is 41.6. The lowest BCUT2D eigenvalue weighted by Crippen LogP contribution is -2.66. The molecule has 9 heteroatoms. The number of ketones is 1. The lowest BCUT2D eigenvalue weighted by Gasteiger charge is -2.37. The first kappa shape index (κ1) is 19.1. The summed E-state index contributed by atoms with van der Waals surface area (Å²) in [5.41, 5.74) is -5.23. The summed E-state index contributed by atoms with van der Waals surface area (Å²) in [7, 11) is 0. The van der Waals surface area contributed by atoms with Gasteiger partial charge < -0.3 is 10.4 Å². The molecule has 27 heavy (non-hydrogen) atoms. The number of aliphatic hydroxyl groups is 1. The summed E-state index contributed by atoms with van der Waals surface area (Å²) in [4.78, 5) is 24.8. The van der Waals surface area contributed by atoms with Gasteiger partial charge in [0.05, 0.1) is 11.3 Å². The van der Waals surface area contributed by atoms with E-state index in [0.29, 0.717) is 4.47 Å². The number of hydrogen-bond acceptors (Lipinski definition) is 3. The van der Waals surface area contributed by atoms with Crippen molar-refractivity contribution in [1.82, 2.24) is 10.6 Å². The zero-order valence-corrected chi connectivity index (χ0v) is 15.1. The van der Waals surface area contributed by atoms with Gasteiger partial charge in [-0.25, -0.2) is 4.79 Å². The highest BCUT2D eigenvalue weighted by atomic mass is 79.9. The Labute approximate surface area is 160 Å². The molecule has 2 aromatic carbocycles. The minimum absolute atomic E-state index is 0.0689. The molecular weight excluding hydrogens is 429 g/mol. The minimum atomic E-state index is -5.33. The molecule has 3 rings (SSSR count). The molecule has 2 aromatic rings. The summed E-state index contributed by atoms with van der Waals surface area (Å²) in [6.07, 6.45) is -5.33. The van der Waals surface area contributed by atoms with Gasteiger partial charge in [0.25, 0.3) is 5.72 Å². The van der Waals surface area contributed by atoms with E-state index < -0.39 is 35.0 Å². The number of hydrogen-bond donors (Lipinski definition) is 3. The van der Waals surface area contributed by atoms with Gasteiger partial charge >= 0.3 is 12.2 Å². The third kappa shape index (κ3) is 3.47. The molecule has 1 unspecified atom stereocenters. The summed E-state index contributed by atoms with van der Waals surface area (Å²) in [6.45, 7) is 0. The lowest BCUT2D eigenvalue weighted by atomic mass is 9.88. The number of nitrogens with one attached hydrogen (secondary N) is 2. The van der Waals surface area contributed by atoms with Crippen LogP contribution in [0.3, 0.4) is 0 Å². The number of amides is 2. The molecule has 0 aromatic heterocycles. The van der Waals surface area contributed by atoms with E-state index in [-0.39, 0.29) is 11.1 Å². The second-order valence-electron chi connectivity index (χ2n) is 5.74. The Morgan fingerprint density at radius 2 is 1.74 bits per heavy atom. The first-order chi connectivity index (χ1) is 12.6. The van der Waals surface area contributed by atoms with Crippen molar-refractivity contribution in [1.29, 1.82) is 0 Å². The van der Waals surface area contributed by atoms with E-state index in [0.717, 1.165) is 0 Å². The Balaban J connectivity index is 2.32. The fourth-order valence-corrected chi connectivity index (χ4v) is 3.10. The molecule has 2 amide bonds. The monoisotopic (exact) mass is 440 g/mol. The first-order valence-electron chi connectivity index (χ1n) is 7.62. The number of carbonyl (C=O) groups excluding carboxylic acids is 2. The number of carbonyl (C=O) groups is 2. The molecule has 5 nitrogen and oxygen atoms in total. The van der Waals surface area contributed by atoms with Crippen molar-refractivity contribution >= 4 is 33.4 Å². The lowest BCUT2D eigenvalue weighted by molar-refractivity contribution is -0.250. The molecule has 0 radical (unpaired) electrons. The van der Waals surface area contributed by atoms with Gasteiger partial charge in [0, 0.05) is 10.0 Å². The zero-order valence-electron chi connectivity index (χ0n) is 13.5. The zero-order chi connectivity index (χ0) is 19.8. The fraction of sp³-hybridized carbons (Fsp3) is 0.111. The number of benzene rings is 2. The Kier molecular flexibility index (Phi) is 4.83. The summed E-state index contributed by atoms with van der Waals surface area (Å²) in [5.74, 6) is -1.07. The van der Waals surface area contributed by atoms with Gasteiger partial charge in [0.1, 0.15) is 0 Å². The van der Waals surface area contributed by atoms with E-state index in [1.807, 2.05) is 0 Å². The van der Waals surface area contributed by atoms with Gasteiger partial charge in [-0.3, -0.25) is 10.1 Å². The maximum Gasteiger partial charge on any atom is 0.441 e. The minimum Gasteiger partial charge on any atom is -0.360 e. The Morgan fingerprint density at radius 3 is 2.33 bits per heavy atom. The molecule has 140 valence electrons. The second kappa shape index (κ2) is 6.82. The van der Waals surface area contributed by atoms with Crippen LogP contribution < -0.4 is 10.6 Å². The Hall–Kier alpha value is -2.65. The van der Waals surface area contributed by atoms with E-state index >= 15 is 0 Å². The third-order valence-corrected chi connectivity index (χ3v) is 4.42. The van der Waals surface area contributed by atoms with Crippen LogP contribution in [0.5, 0.6) is 0 Å². The third-order valence-electron chi connectivity index (χ3n) is 3.93. The molecule has 0 bridgehead atoms. The van der Waals surface area contributed by atoms with Crippen molar-refractivity contribution in [2.45, 2.75) is 11.9 Å². The van der Waals surface area contributed by atoms with Crippen LogP contribution >= 0.6 is 15.9 Å². The van der Waals surface area contributed by atoms with Gasteiger partial charge in [-0.2, -0.15) is 13.2 Å². The van der Waals surface area contributed by atoms with Crippen LogP contribution in [0.1, 0.15) is 15.9 Å². The normalized spacial score (nSPS) is 20.1. The molecular formula is C18H12BrF3N2O3. The van der Waals surface area contributed by atoms with E-state index in [9.17, 15) is 27.9 Å². The number of urea groups is 1. The van der Waals surface area contributed by atoms with Gasteiger partial charge in [0.2, 0.25) is 0 Å². The fourth-order valence-electron chi connectivity index (χ4n) is 2.70. The van der Waals surface area contributed by atoms with Crippen LogP contribution in [-0.2, 0) is 0 Å². The predicted octanol–water partition coefficient (Wildman–Crippen LogP) is 3.61. The molecule has 1 atom stereocenters. The van der Waals surface area contributed by atoms with Crippen LogP contribution in [0.15, 0.2) is 64.6 Å². The largest absolute Gasteiger partial charge is 0.441 e. The average molecular weight is 441 g/mol. The van der Waals surface area contributed by atoms with Crippen molar-refractivity contribution < 1.29 is 27.9 Å². The quantitative estimate of drug-likeness (QED) is 0.638. The van der Waals surface area contributed by atoms with Crippen molar-refractivity contribution in [2.24, 2.45) is 0 Å². The highest BCUT2D eigenvalue weighted by Gasteiger charge is 2.62. The van der Waals surface area contributed by atoms with E-state index in [2.05, 4.69) is 21.2 Å². The standard InChI is InChI=1S/C18H12BrF3N2O3/c19-12-8-4-7-11(9-12)14-13(15(25)10-5-2-1-3-6-10)17(27,18(20,21)22)24-16(26)23-14/h1-9,27H,(H2,23,24,26). The molecule has 0 spiro atoms. The highest BCUT2D eigenvalue weighted by Crippen LogP contribution is 2.40. The van der Waals surface area contributed by atoms with Crippen LogP contribution in [0.4, 0.5) is 18.0 Å². The van der Waals surface area contributed by atoms with Crippen LogP contribution in [0.2, 0.25) is 0 Å². The van der Waals surface area contributed by atoms with Gasteiger partial charge in [-0.1, -0.05) is 58.4 Å². The summed E-state index contributed by atoms with van der Waals surface area (Å²) in [6, 6.07) is 11.9. The van der Waals surface area contributed by atoms with Crippen molar-refractivity contribution in [2.75, 3.05) is 0 Å². The average Bonchev–Trinajstić information content (AvgIpc) is 2.60. The molecule has 0 saturated heterocycles. The Morgan fingerprint density at radius 1 is 1.07 bits per heavy atom. The van der Waals surface area contributed by atoms with E-state index in [1.165, 1.54) is 47.8 Å². The molecule has 0 fully saturated rings. The number of halogens is 4. The van der Waals surface area contributed by atoms with E-state index in [1.54, 1.807) is 12.1 Å². The maximum atomic E-state index is 13.7. The van der Waals surface area contributed by atoms with Gasteiger partial charge in [0.15, 0.2) is 5.78 Å². The molecule has 1 aliphatic heterocycles. The molecule has 1 aliphatic rings. The van der Waals surface area contributed by atoms with Crippen LogP contribution in [0.25, 0.3) is 5.70 Å². The van der Waals surface area contributed by atoms with Crippen molar-refractivity contribution in [3.63, 3.8) is 0 Å². The van der Waals surface area contributed by atoms with Gasteiger partial charge in [-0.05, 0) is 17.7 Å². The topological polar surface area (TPSA) is 78.4 Å².